The van der Waals surface area contributed by atoms with E-state index >= 15 is 0 Å². The van der Waals surface area contributed by atoms with E-state index in [0.717, 1.165) is 12.6 Å². The molecule has 1 rings (SSSR count). The van der Waals surface area contributed by atoms with E-state index in [9.17, 15) is 0 Å². The number of likely N-dealkylation sites (N-methyl/N-ethyl adjacent to an activating group) is 1. The van der Waals surface area contributed by atoms with Crippen LogP contribution < -0.4 is 5.32 Å². The summed E-state index contributed by atoms with van der Waals surface area (Å²) in [4.78, 5) is 2.67. The predicted octanol–water partition coefficient (Wildman–Crippen LogP) is 2.92. The second kappa shape index (κ2) is 7.52. The maximum atomic E-state index is 3.31. The summed E-state index contributed by atoms with van der Waals surface area (Å²) >= 11 is 0. The Kier molecular flexibility index (Phi) is 7.62. The number of nitrogens with zero attached hydrogens (tertiary/aromatic N) is 1. The SMILES string of the molecule is CCC(C)(C)CCN1CCCC1CNC.Cl. The molecule has 16 heavy (non-hydrogen) atoms. The van der Waals surface area contributed by atoms with Crippen molar-refractivity contribution in [2.75, 3.05) is 26.7 Å². The van der Waals surface area contributed by atoms with Crippen molar-refractivity contribution in [3.8, 4) is 0 Å². The standard InChI is InChI=1S/C13H28N2.ClH/c1-5-13(2,3)8-10-15-9-6-7-12(15)11-14-4;/h12,14H,5-11H2,1-4H3;1H. The monoisotopic (exact) mass is 248 g/mol. The van der Waals surface area contributed by atoms with Gasteiger partial charge in [0.05, 0.1) is 0 Å². The fraction of sp³-hybridized carbons (Fsp3) is 1.00. The van der Waals surface area contributed by atoms with Crippen LogP contribution in [0.1, 0.15) is 46.5 Å². The van der Waals surface area contributed by atoms with Crippen LogP contribution in [0.4, 0.5) is 0 Å². The van der Waals surface area contributed by atoms with E-state index in [1.807, 2.05) is 0 Å². The summed E-state index contributed by atoms with van der Waals surface area (Å²) < 4.78 is 0. The van der Waals surface area contributed by atoms with Crippen LogP contribution in [0.25, 0.3) is 0 Å². The largest absolute Gasteiger partial charge is 0.318 e. The van der Waals surface area contributed by atoms with Gasteiger partial charge in [0.15, 0.2) is 0 Å². The Morgan fingerprint density at radius 2 is 2.06 bits per heavy atom. The van der Waals surface area contributed by atoms with Crippen LogP contribution >= 0.6 is 12.4 Å². The van der Waals surface area contributed by atoms with Crippen LogP contribution in [0.2, 0.25) is 0 Å². The van der Waals surface area contributed by atoms with Crippen molar-refractivity contribution in [3.05, 3.63) is 0 Å². The average Bonchev–Trinajstić information content (AvgIpc) is 2.64. The van der Waals surface area contributed by atoms with E-state index in [0.29, 0.717) is 5.41 Å². The Morgan fingerprint density at radius 1 is 1.38 bits per heavy atom. The van der Waals surface area contributed by atoms with Crippen LogP contribution in [-0.2, 0) is 0 Å². The van der Waals surface area contributed by atoms with Gasteiger partial charge >= 0.3 is 0 Å². The molecule has 0 aromatic heterocycles. The lowest BCUT2D eigenvalue weighted by molar-refractivity contribution is 0.199. The third-order valence-electron chi connectivity index (χ3n) is 3.97. The quantitative estimate of drug-likeness (QED) is 0.778. The number of halogens is 1. The molecule has 0 aliphatic carbocycles. The minimum atomic E-state index is 0. The van der Waals surface area contributed by atoms with E-state index in [-0.39, 0.29) is 12.4 Å². The summed E-state index contributed by atoms with van der Waals surface area (Å²) in [7, 11) is 2.06. The molecule has 2 nitrogen and oxygen atoms in total. The molecule has 0 radical (unpaired) electrons. The molecule has 1 N–H and O–H groups in total. The minimum Gasteiger partial charge on any atom is -0.318 e. The van der Waals surface area contributed by atoms with Crippen molar-refractivity contribution in [1.29, 1.82) is 0 Å². The van der Waals surface area contributed by atoms with E-state index in [1.54, 1.807) is 0 Å². The molecule has 0 aromatic carbocycles. The normalized spacial score (nSPS) is 22.1. The third kappa shape index (κ3) is 5.03. The van der Waals surface area contributed by atoms with Crippen molar-refractivity contribution < 1.29 is 0 Å². The first kappa shape index (κ1) is 16.2. The average molecular weight is 249 g/mol. The van der Waals surface area contributed by atoms with Gasteiger partial charge in [0.25, 0.3) is 0 Å². The molecular formula is C13H29ClN2. The van der Waals surface area contributed by atoms with Crippen molar-refractivity contribution in [2.24, 2.45) is 5.41 Å². The summed E-state index contributed by atoms with van der Waals surface area (Å²) in [5.41, 5.74) is 0.521. The Morgan fingerprint density at radius 3 is 2.62 bits per heavy atom. The molecule has 1 saturated heterocycles. The topological polar surface area (TPSA) is 15.3 Å². The van der Waals surface area contributed by atoms with Crippen molar-refractivity contribution >= 4 is 12.4 Å². The Bertz CT molecular complexity index is 183. The van der Waals surface area contributed by atoms with E-state index in [1.165, 1.54) is 38.8 Å². The zero-order valence-electron chi connectivity index (χ0n) is 11.4. The second-order valence-corrected chi connectivity index (χ2v) is 5.66. The maximum absolute atomic E-state index is 3.31. The smallest absolute Gasteiger partial charge is 0.0220 e. The molecule has 1 fully saturated rings. The molecule has 1 unspecified atom stereocenters. The van der Waals surface area contributed by atoms with Crippen LogP contribution in [0.15, 0.2) is 0 Å². The number of rotatable bonds is 6. The van der Waals surface area contributed by atoms with Crippen LogP contribution in [-0.4, -0.2) is 37.6 Å². The molecule has 0 spiro atoms. The first-order chi connectivity index (χ1) is 7.09. The molecule has 1 aliphatic heterocycles. The summed E-state index contributed by atoms with van der Waals surface area (Å²) in [6.07, 6.45) is 5.40. The molecule has 98 valence electrons. The van der Waals surface area contributed by atoms with Gasteiger partial charge in [0, 0.05) is 12.6 Å². The Balaban J connectivity index is 0.00000225. The molecular weight excluding hydrogens is 220 g/mol. The fourth-order valence-electron chi connectivity index (χ4n) is 2.28. The second-order valence-electron chi connectivity index (χ2n) is 5.66. The summed E-state index contributed by atoms with van der Waals surface area (Å²) in [5.74, 6) is 0. The van der Waals surface area contributed by atoms with Gasteiger partial charge < -0.3 is 5.32 Å². The highest BCUT2D eigenvalue weighted by molar-refractivity contribution is 5.85. The highest BCUT2D eigenvalue weighted by Crippen LogP contribution is 2.26. The Hall–Kier alpha value is 0.210. The van der Waals surface area contributed by atoms with Crippen LogP contribution in [0, 0.1) is 5.41 Å². The molecule has 3 heteroatoms. The van der Waals surface area contributed by atoms with Gasteiger partial charge in [-0.3, -0.25) is 4.90 Å². The third-order valence-corrected chi connectivity index (χ3v) is 3.97. The summed E-state index contributed by atoms with van der Waals surface area (Å²) in [6, 6.07) is 0.794. The van der Waals surface area contributed by atoms with Gasteiger partial charge in [-0.05, 0) is 44.8 Å². The molecule has 0 amide bonds. The van der Waals surface area contributed by atoms with Gasteiger partial charge in [-0.25, -0.2) is 0 Å². The van der Waals surface area contributed by atoms with Gasteiger partial charge in [0.1, 0.15) is 0 Å². The number of hydrogen-bond acceptors (Lipinski definition) is 2. The molecule has 0 bridgehead atoms. The predicted molar refractivity (Wildman–Crippen MR) is 74.5 cm³/mol. The first-order valence-electron chi connectivity index (χ1n) is 6.47. The summed E-state index contributed by atoms with van der Waals surface area (Å²) in [6.45, 7) is 10.8. The number of nitrogens with one attached hydrogen (secondary N) is 1. The maximum Gasteiger partial charge on any atom is 0.0220 e. The lowest BCUT2D eigenvalue weighted by atomic mass is 9.86. The zero-order valence-corrected chi connectivity index (χ0v) is 12.2. The van der Waals surface area contributed by atoms with Gasteiger partial charge in [-0.15, -0.1) is 12.4 Å². The van der Waals surface area contributed by atoms with Crippen molar-refractivity contribution in [1.82, 2.24) is 10.2 Å². The minimum absolute atomic E-state index is 0. The molecule has 1 heterocycles. The molecule has 1 atom stereocenters. The van der Waals surface area contributed by atoms with Gasteiger partial charge in [0.2, 0.25) is 0 Å². The van der Waals surface area contributed by atoms with Crippen LogP contribution in [0.3, 0.4) is 0 Å². The highest BCUT2D eigenvalue weighted by atomic mass is 35.5. The Labute approximate surface area is 108 Å². The lowest BCUT2D eigenvalue weighted by Crippen LogP contribution is -2.38. The van der Waals surface area contributed by atoms with E-state index in [4.69, 9.17) is 0 Å². The van der Waals surface area contributed by atoms with Gasteiger partial charge in [-0.2, -0.15) is 0 Å². The molecule has 1 aliphatic rings. The number of likely N-dealkylation sites (tertiary alicyclic amines) is 1. The van der Waals surface area contributed by atoms with Crippen molar-refractivity contribution in [2.45, 2.75) is 52.5 Å². The number of hydrogen-bond donors (Lipinski definition) is 1. The van der Waals surface area contributed by atoms with Gasteiger partial charge in [-0.1, -0.05) is 27.2 Å². The van der Waals surface area contributed by atoms with Crippen molar-refractivity contribution in [3.63, 3.8) is 0 Å². The van der Waals surface area contributed by atoms with E-state index < -0.39 is 0 Å². The van der Waals surface area contributed by atoms with Crippen LogP contribution in [0.5, 0.6) is 0 Å². The zero-order chi connectivity index (χ0) is 11.3. The summed E-state index contributed by atoms with van der Waals surface area (Å²) in [5, 5.41) is 3.31. The highest BCUT2D eigenvalue weighted by Gasteiger charge is 2.25. The molecule has 0 aromatic rings. The van der Waals surface area contributed by atoms with E-state index in [2.05, 4.69) is 38.0 Å². The molecule has 0 saturated carbocycles. The lowest BCUT2D eigenvalue weighted by Gasteiger charge is -2.29. The fourth-order valence-corrected chi connectivity index (χ4v) is 2.28. The first-order valence-corrected chi connectivity index (χ1v) is 6.47.